The average Bonchev–Trinajstić information content (AvgIpc) is 2.42. The highest BCUT2D eigenvalue weighted by molar-refractivity contribution is 6.30. The number of fused-ring (bicyclic) bond motifs is 2. The van der Waals surface area contributed by atoms with Crippen molar-refractivity contribution in [2.75, 3.05) is 0 Å². The number of hydrogen-bond acceptors (Lipinski definition) is 1. The molecule has 13 heavy (non-hydrogen) atoms. The van der Waals surface area contributed by atoms with Gasteiger partial charge in [0.25, 0.3) is 0 Å². The molecule has 0 aliphatic heterocycles. The number of aliphatic carboxylic acids is 1. The first-order valence-corrected chi connectivity index (χ1v) is 5.13. The molecule has 0 amide bonds. The van der Waals surface area contributed by atoms with Crippen LogP contribution in [0, 0.1) is 17.8 Å². The van der Waals surface area contributed by atoms with Crippen LogP contribution in [-0.4, -0.2) is 11.1 Å². The van der Waals surface area contributed by atoms with Crippen molar-refractivity contribution >= 4 is 17.6 Å². The Labute approximate surface area is 82.6 Å². The molecule has 3 atom stereocenters. The van der Waals surface area contributed by atoms with E-state index in [9.17, 15) is 4.79 Å². The van der Waals surface area contributed by atoms with E-state index in [0.29, 0.717) is 11.8 Å². The lowest BCUT2D eigenvalue weighted by Gasteiger charge is -2.25. The predicted octanol–water partition coefficient (Wildman–Crippen LogP) is 2.63. The van der Waals surface area contributed by atoms with E-state index in [1.165, 1.54) is 6.42 Å². The molecule has 2 aliphatic rings. The fourth-order valence-corrected chi connectivity index (χ4v) is 3.03. The summed E-state index contributed by atoms with van der Waals surface area (Å²) in [7, 11) is 0. The van der Waals surface area contributed by atoms with Crippen molar-refractivity contribution in [2.45, 2.75) is 25.7 Å². The molecular weight excluding hydrogens is 188 g/mol. The molecule has 0 saturated heterocycles. The Kier molecular flexibility index (Phi) is 2.33. The van der Waals surface area contributed by atoms with Gasteiger partial charge in [-0.25, -0.2) is 0 Å². The van der Waals surface area contributed by atoms with Crippen LogP contribution >= 0.6 is 11.6 Å². The molecule has 2 aliphatic carbocycles. The van der Waals surface area contributed by atoms with Crippen molar-refractivity contribution in [3.05, 3.63) is 11.1 Å². The van der Waals surface area contributed by atoms with Crippen molar-refractivity contribution in [1.82, 2.24) is 0 Å². The van der Waals surface area contributed by atoms with E-state index in [0.717, 1.165) is 17.9 Å². The Hall–Kier alpha value is -0.500. The minimum atomic E-state index is -0.734. The molecule has 2 nitrogen and oxygen atoms in total. The standard InChI is InChI=1S/C10H13ClO2/c11-9-4-6-1-2-7(3-6)8(9)5-10(12)13/h4,6-8H,1-3,5H2,(H,12,13). The molecule has 3 heteroatoms. The Balaban J connectivity index is 2.13. The van der Waals surface area contributed by atoms with Gasteiger partial charge in [-0.05, 0) is 31.1 Å². The summed E-state index contributed by atoms with van der Waals surface area (Å²) in [5, 5.41) is 9.52. The van der Waals surface area contributed by atoms with Crippen LogP contribution in [0.3, 0.4) is 0 Å². The van der Waals surface area contributed by atoms with Gasteiger partial charge < -0.3 is 5.11 Å². The highest BCUT2D eigenvalue weighted by atomic mass is 35.5. The molecular formula is C10H13ClO2. The van der Waals surface area contributed by atoms with E-state index in [1.54, 1.807) is 0 Å². The van der Waals surface area contributed by atoms with Crippen LogP contribution in [-0.2, 0) is 4.79 Å². The third kappa shape index (κ3) is 1.73. The van der Waals surface area contributed by atoms with Gasteiger partial charge in [-0.2, -0.15) is 0 Å². The highest BCUT2D eigenvalue weighted by Crippen LogP contribution is 2.46. The quantitative estimate of drug-likeness (QED) is 0.744. The van der Waals surface area contributed by atoms with E-state index in [4.69, 9.17) is 16.7 Å². The third-order valence-electron chi connectivity index (χ3n) is 3.23. The lowest BCUT2D eigenvalue weighted by Crippen LogP contribution is -2.19. The van der Waals surface area contributed by atoms with E-state index in [-0.39, 0.29) is 12.3 Å². The number of carbonyl (C=O) groups is 1. The molecule has 0 heterocycles. The summed E-state index contributed by atoms with van der Waals surface area (Å²) in [6.45, 7) is 0. The van der Waals surface area contributed by atoms with E-state index < -0.39 is 5.97 Å². The first-order chi connectivity index (χ1) is 6.16. The van der Waals surface area contributed by atoms with Crippen LogP contribution < -0.4 is 0 Å². The summed E-state index contributed by atoms with van der Waals surface area (Å²) in [5.41, 5.74) is 0. The minimum Gasteiger partial charge on any atom is -0.481 e. The van der Waals surface area contributed by atoms with Gasteiger partial charge in [0.1, 0.15) is 0 Å². The summed E-state index contributed by atoms with van der Waals surface area (Å²) >= 11 is 6.05. The molecule has 72 valence electrons. The molecule has 1 N–H and O–H groups in total. The second-order valence-corrected chi connectivity index (χ2v) is 4.53. The van der Waals surface area contributed by atoms with Gasteiger partial charge in [0.05, 0.1) is 6.42 Å². The molecule has 2 bridgehead atoms. The van der Waals surface area contributed by atoms with Crippen LogP contribution in [0.15, 0.2) is 11.1 Å². The van der Waals surface area contributed by atoms with Crippen molar-refractivity contribution in [3.63, 3.8) is 0 Å². The van der Waals surface area contributed by atoms with Gasteiger partial charge >= 0.3 is 5.97 Å². The molecule has 2 rings (SSSR count). The number of rotatable bonds is 2. The number of allylic oxidation sites excluding steroid dienone is 2. The largest absolute Gasteiger partial charge is 0.481 e. The maximum Gasteiger partial charge on any atom is 0.304 e. The van der Waals surface area contributed by atoms with Crippen molar-refractivity contribution < 1.29 is 9.90 Å². The lowest BCUT2D eigenvalue weighted by molar-refractivity contribution is -0.138. The summed E-state index contributed by atoms with van der Waals surface area (Å²) < 4.78 is 0. The Morgan fingerprint density at radius 1 is 1.62 bits per heavy atom. The molecule has 0 aromatic rings. The van der Waals surface area contributed by atoms with Crippen molar-refractivity contribution in [2.24, 2.45) is 17.8 Å². The third-order valence-corrected chi connectivity index (χ3v) is 3.63. The van der Waals surface area contributed by atoms with Crippen LogP contribution in [0.1, 0.15) is 25.7 Å². The first-order valence-electron chi connectivity index (χ1n) is 4.76. The SMILES string of the molecule is O=C(O)CC1C(Cl)=CC2CCC1C2. The Morgan fingerprint density at radius 3 is 3.08 bits per heavy atom. The summed E-state index contributed by atoms with van der Waals surface area (Å²) in [5.74, 6) is 0.515. The van der Waals surface area contributed by atoms with Gasteiger partial charge in [0, 0.05) is 11.0 Å². The zero-order valence-electron chi connectivity index (χ0n) is 7.37. The smallest absolute Gasteiger partial charge is 0.304 e. The molecule has 3 unspecified atom stereocenters. The van der Waals surface area contributed by atoms with Gasteiger partial charge in [-0.1, -0.05) is 17.7 Å². The van der Waals surface area contributed by atoms with Crippen LogP contribution in [0.2, 0.25) is 0 Å². The highest BCUT2D eigenvalue weighted by Gasteiger charge is 2.36. The number of carboxylic acids is 1. The van der Waals surface area contributed by atoms with Gasteiger partial charge in [-0.15, -0.1) is 0 Å². The fraction of sp³-hybridized carbons (Fsp3) is 0.700. The molecule has 0 aromatic carbocycles. The molecule has 0 radical (unpaired) electrons. The molecule has 1 fully saturated rings. The average molecular weight is 201 g/mol. The summed E-state index contributed by atoms with van der Waals surface area (Å²) in [6.07, 6.45) is 5.76. The Bertz CT molecular complexity index is 260. The van der Waals surface area contributed by atoms with Gasteiger partial charge in [0.15, 0.2) is 0 Å². The van der Waals surface area contributed by atoms with E-state index >= 15 is 0 Å². The topological polar surface area (TPSA) is 37.3 Å². The zero-order chi connectivity index (χ0) is 9.42. The second-order valence-electron chi connectivity index (χ2n) is 4.09. The number of halogens is 1. The predicted molar refractivity (Wildman–Crippen MR) is 50.5 cm³/mol. The monoisotopic (exact) mass is 200 g/mol. The van der Waals surface area contributed by atoms with Gasteiger partial charge in [-0.3, -0.25) is 4.79 Å². The van der Waals surface area contributed by atoms with Crippen LogP contribution in [0.5, 0.6) is 0 Å². The summed E-state index contributed by atoms with van der Waals surface area (Å²) in [6, 6.07) is 0. The minimum absolute atomic E-state index is 0.0953. The maximum absolute atomic E-state index is 10.6. The van der Waals surface area contributed by atoms with E-state index in [2.05, 4.69) is 6.08 Å². The summed E-state index contributed by atoms with van der Waals surface area (Å²) in [4.78, 5) is 10.6. The van der Waals surface area contributed by atoms with Crippen LogP contribution in [0.25, 0.3) is 0 Å². The molecule has 1 saturated carbocycles. The number of hydrogen-bond donors (Lipinski definition) is 1. The van der Waals surface area contributed by atoms with Crippen molar-refractivity contribution in [3.8, 4) is 0 Å². The van der Waals surface area contributed by atoms with Crippen LogP contribution in [0.4, 0.5) is 0 Å². The number of carboxylic acid groups (broad SMARTS) is 1. The molecule has 0 spiro atoms. The zero-order valence-corrected chi connectivity index (χ0v) is 8.13. The molecule has 0 aromatic heterocycles. The van der Waals surface area contributed by atoms with Crippen molar-refractivity contribution in [1.29, 1.82) is 0 Å². The normalized spacial score (nSPS) is 37.3. The van der Waals surface area contributed by atoms with E-state index in [1.807, 2.05) is 0 Å². The lowest BCUT2D eigenvalue weighted by atomic mass is 9.83. The Morgan fingerprint density at radius 2 is 2.38 bits per heavy atom. The first kappa shape index (κ1) is 9.07. The van der Waals surface area contributed by atoms with Gasteiger partial charge in [0.2, 0.25) is 0 Å². The second kappa shape index (κ2) is 3.33. The fourth-order valence-electron chi connectivity index (χ4n) is 2.60. The maximum atomic E-state index is 10.6.